The maximum absolute atomic E-state index is 12.7. The topological polar surface area (TPSA) is 83.7 Å². The van der Waals surface area contributed by atoms with Crippen LogP contribution in [0.3, 0.4) is 0 Å². The van der Waals surface area contributed by atoms with Crippen molar-refractivity contribution in [3.8, 4) is 22.9 Å². The zero-order chi connectivity index (χ0) is 19.6. The van der Waals surface area contributed by atoms with Crippen LogP contribution in [-0.4, -0.2) is 29.3 Å². The van der Waals surface area contributed by atoms with Crippen LogP contribution in [0.5, 0.6) is 11.5 Å². The molecular formula is C21H20N2O5. The lowest BCUT2D eigenvalue weighted by atomic mass is 9.84. The minimum atomic E-state index is -0.877. The first-order chi connectivity index (χ1) is 13.5. The Kier molecular flexibility index (Phi) is 4.73. The summed E-state index contributed by atoms with van der Waals surface area (Å²) in [6.07, 6.45) is 0. The number of rotatable bonds is 5. The molecule has 2 aromatic carbocycles. The molecule has 0 fully saturated rings. The summed E-state index contributed by atoms with van der Waals surface area (Å²) < 4.78 is 21.8. The number of carbonyl (C=O) groups excluding carboxylic acids is 1. The van der Waals surface area contributed by atoms with Crippen molar-refractivity contribution in [2.24, 2.45) is 0 Å². The fourth-order valence-electron chi connectivity index (χ4n) is 2.88. The molecule has 0 saturated heterocycles. The number of hydrogen-bond donors (Lipinski definition) is 0. The SMILES string of the molecule is CC(C)(C(=O)OCc1nc(-c2ccccc2)no1)c1ccc2c(c1)OCCO2. The van der Waals surface area contributed by atoms with E-state index in [0.717, 1.165) is 11.1 Å². The average molecular weight is 380 g/mol. The molecule has 3 aromatic rings. The largest absolute Gasteiger partial charge is 0.486 e. The van der Waals surface area contributed by atoms with Crippen molar-refractivity contribution in [1.82, 2.24) is 10.1 Å². The minimum absolute atomic E-state index is 0.0906. The van der Waals surface area contributed by atoms with Gasteiger partial charge in [0.1, 0.15) is 13.2 Å². The summed E-state index contributed by atoms with van der Waals surface area (Å²) in [7, 11) is 0. The molecule has 1 aliphatic heterocycles. The Morgan fingerprint density at radius 1 is 1.07 bits per heavy atom. The quantitative estimate of drug-likeness (QED) is 0.626. The van der Waals surface area contributed by atoms with Crippen molar-refractivity contribution in [3.05, 3.63) is 60.0 Å². The lowest BCUT2D eigenvalue weighted by molar-refractivity contribution is -0.151. The number of ether oxygens (including phenoxy) is 3. The van der Waals surface area contributed by atoms with Gasteiger partial charge in [0.2, 0.25) is 5.82 Å². The van der Waals surface area contributed by atoms with Crippen LogP contribution in [-0.2, 0) is 21.6 Å². The molecule has 28 heavy (non-hydrogen) atoms. The van der Waals surface area contributed by atoms with Gasteiger partial charge in [0.05, 0.1) is 5.41 Å². The number of hydrogen-bond acceptors (Lipinski definition) is 7. The maximum atomic E-state index is 12.7. The molecule has 2 heterocycles. The van der Waals surface area contributed by atoms with E-state index in [1.54, 1.807) is 13.8 Å². The highest BCUT2D eigenvalue weighted by molar-refractivity contribution is 5.82. The molecule has 0 amide bonds. The van der Waals surface area contributed by atoms with E-state index in [2.05, 4.69) is 10.1 Å². The lowest BCUT2D eigenvalue weighted by Crippen LogP contribution is -2.31. The maximum Gasteiger partial charge on any atom is 0.316 e. The first-order valence-corrected chi connectivity index (χ1v) is 8.99. The van der Waals surface area contributed by atoms with Gasteiger partial charge in [-0.1, -0.05) is 41.6 Å². The van der Waals surface area contributed by atoms with Crippen LogP contribution in [0.2, 0.25) is 0 Å². The monoisotopic (exact) mass is 380 g/mol. The fraction of sp³-hybridized carbons (Fsp3) is 0.286. The molecule has 144 valence electrons. The Balaban J connectivity index is 1.44. The number of nitrogens with zero attached hydrogens (tertiary/aromatic N) is 2. The number of carbonyl (C=O) groups is 1. The van der Waals surface area contributed by atoms with Crippen LogP contribution in [0.1, 0.15) is 25.3 Å². The van der Waals surface area contributed by atoms with Crippen molar-refractivity contribution in [1.29, 1.82) is 0 Å². The second-order valence-corrected chi connectivity index (χ2v) is 6.94. The van der Waals surface area contributed by atoms with Gasteiger partial charge < -0.3 is 18.7 Å². The van der Waals surface area contributed by atoms with E-state index in [1.807, 2.05) is 48.5 Å². The molecule has 0 N–H and O–H groups in total. The number of fused-ring (bicyclic) bond motifs is 1. The molecule has 4 rings (SSSR count). The molecule has 0 unspecified atom stereocenters. The highest BCUT2D eigenvalue weighted by Crippen LogP contribution is 2.35. The van der Waals surface area contributed by atoms with Crippen molar-refractivity contribution in [2.45, 2.75) is 25.9 Å². The Hall–Kier alpha value is -3.35. The normalized spacial score (nSPS) is 13.2. The van der Waals surface area contributed by atoms with E-state index in [-0.39, 0.29) is 12.5 Å². The molecule has 1 aliphatic rings. The van der Waals surface area contributed by atoms with Crippen LogP contribution < -0.4 is 9.47 Å². The van der Waals surface area contributed by atoms with Crippen molar-refractivity contribution < 1.29 is 23.5 Å². The fourth-order valence-corrected chi connectivity index (χ4v) is 2.88. The summed E-state index contributed by atoms with van der Waals surface area (Å²) in [6, 6.07) is 14.9. The third kappa shape index (κ3) is 3.55. The van der Waals surface area contributed by atoms with E-state index in [4.69, 9.17) is 18.7 Å². The van der Waals surface area contributed by atoms with Gasteiger partial charge in [-0.3, -0.25) is 4.79 Å². The Bertz CT molecular complexity index is 981. The van der Waals surface area contributed by atoms with Crippen LogP contribution >= 0.6 is 0 Å². The zero-order valence-electron chi connectivity index (χ0n) is 15.7. The molecule has 0 spiro atoms. The standard InChI is InChI=1S/C21H20N2O5/c1-21(2,15-8-9-16-17(12-15)26-11-10-25-16)20(24)27-13-18-22-19(23-28-18)14-6-4-3-5-7-14/h3-9,12H,10-11,13H2,1-2H3. The van der Waals surface area contributed by atoms with Crippen molar-refractivity contribution >= 4 is 5.97 Å². The Labute approximate surface area is 162 Å². The minimum Gasteiger partial charge on any atom is -0.486 e. The average Bonchev–Trinajstić information content (AvgIpc) is 3.21. The summed E-state index contributed by atoms with van der Waals surface area (Å²) in [5, 5.41) is 3.93. The number of esters is 1. The zero-order valence-corrected chi connectivity index (χ0v) is 15.7. The first-order valence-electron chi connectivity index (χ1n) is 8.99. The predicted octanol–water partition coefficient (Wildman–Crippen LogP) is 3.53. The smallest absolute Gasteiger partial charge is 0.316 e. The molecular weight excluding hydrogens is 360 g/mol. The Morgan fingerprint density at radius 3 is 2.61 bits per heavy atom. The number of aromatic nitrogens is 2. The van der Waals surface area contributed by atoms with Crippen LogP contribution in [0.4, 0.5) is 0 Å². The molecule has 0 aliphatic carbocycles. The van der Waals surface area contributed by atoms with Gasteiger partial charge in [-0.25, -0.2) is 0 Å². The van der Waals surface area contributed by atoms with Gasteiger partial charge in [-0.05, 0) is 31.5 Å². The highest BCUT2D eigenvalue weighted by atomic mass is 16.6. The Morgan fingerprint density at radius 2 is 1.82 bits per heavy atom. The van der Waals surface area contributed by atoms with Crippen molar-refractivity contribution in [2.75, 3.05) is 13.2 Å². The molecule has 0 atom stereocenters. The van der Waals surface area contributed by atoms with Crippen LogP contribution in [0.15, 0.2) is 53.1 Å². The molecule has 1 aromatic heterocycles. The summed E-state index contributed by atoms with van der Waals surface area (Å²) in [4.78, 5) is 17.0. The van der Waals surface area contributed by atoms with Gasteiger partial charge in [-0.2, -0.15) is 4.98 Å². The third-order valence-corrected chi connectivity index (χ3v) is 4.60. The van der Waals surface area contributed by atoms with E-state index in [0.29, 0.717) is 30.5 Å². The van der Waals surface area contributed by atoms with E-state index in [1.165, 1.54) is 0 Å². The summed E-state index contributed by atoms with van der Waals surface area (Å²) in [5.41, 5.74) is 0.732. The predicted molar refractivity (Wildman–Crippen MR) is 100.0 cm³/mol. The lowest BCUT2D eigenvalue weighted by Gasteiger charge is -2.25. The van der Waals surface area contributed by atoms with E-state index >= 15 is 0 Å². The molecule has 0 radical (unpaired) electrons. The third-order valence-electron chi connectivity index (χ3n) is 4.60. The number of benzene rings is 2. The van der Waals surface area contributed by atoms with Gasteiger partial charge in [-0.15, -0.1) is 0 Å². The first kappa shape index (κ1) is 18.0. The summed E-state index contributed by atoms with van der Waals surface area (Å²) in [5.74, 6) is 1.61. The van der Waals surface area contributed by atoms with Crippen LogP contribution in [0.25, 0.3) is 11.4 Å². The summed E-state index contributed by atoms with van der Waals surface area (Å²) >= 11 is 0. The second kappa shape index (κ2) is 7.34. The molecule has 7 nitrogen and oxygen atoms in total. The van der Waals surface area contributed by atoms with Crippen molar-refractivity contribution in [3.63, 3.8) is 0 Å². The molecule has 0 saturated carbocycles. The van der Waals surface area contributed by atoms with E-state index < -0.39 is 11.4 Å². The van der Waals surface area contributed by atoms with Gasteiger partial charge in [0.25, 0.3) is 5.89 Å². The molecule has 7 heteroatoms. The van der Waals surface area contributed by atoms with E-state index in [9.17, 15) is 4.79 Å². The van der Waals surface area contributed by atoms with Gasteiger partial charge in [0.15, 0.2) is 18.1 Å². The molecule has 0 bridgehead atoms. The second-order valence-electron chi connectivity index (χ2n) is 6.94. The summed E-state index contributed by atoms with van der Waals surface area (Å²) in [6.45, 7) is 4.51. The van der Waals surface area contributed by atoms with Crippen LogP contribution in [0, 0.1) is 0 Å². The van der Waals surface area contributed by atoms with Gasteiger partial charge in [0, 0.05) is 5.56 Å². The highest BCUT2D eigenvalue weighted by Gasteiger charge is 2.33. The van der Waals surface area contributed by atoms with Gasteiger partial charge >= 0.3 is 5.97 Å².